The summed E-state index contributed by atoms with van der Waals surface area (Å²) in [5.41, 5.74) is 4.67. The summed E-state index contributed by atoms with van der Waals surface area (Å²) in [4.78, 5) is 2.05. The molecule has 3 nitrogen and oxygen atoms in total. The molecule has 2 N–H and O–H groups in total. The van der Waals surface area contributed by atoms with Gasteiger partial charge in [-0.15, -0.1) is 0 Å². The molecular formula is C19H26N2O. The van der Waals surface area contributed by atoms with Crippen molar-refractivity contribution in [3.8, 4) is 0 Å². The molecule has 3 heteroatoms. The predicted molar refractivity (Wildman–Crippen MR) is 93.2 cm³/mol. The smallest absolute Gasteiger partial charge is 0.0802 e. The second-order valence-electron chi connectivity index (χ2n) is 5.95. The van der Waals surface area contributed by atoms with Crippen molar-refractivity contribution >= 4 is 5.69 Å². The lowest BCUT2D eigenvalue weighted by atomic mass is 10.1. The van der Waals surface area contributed by atoms with Crippen LogP contribution in [0.2, 0.25) is 0 Å². The minimum Gasteiger partial charge on any atom is -0.388 e. The van der Waals surface area contributed by atoms with Crippen molar-refractivity contribution in [3.63, 3.8) is 0 Å². The Kier molecular flexibility index (Phi) is 5.99. The van der Waals surface area contributed by atoms with Crippen LogP contribution in [0.15, 0.2) is 48.5 Å². The number of aryl methyl sites for hydroxylation is 1. The maximum Gasteiger partial charge on any atom is 0.0802 e. The SMILES string of the molecule is Cc1ccc(CNCCC(O)c2ccc(N(C)C)cc2)cc1. The van der Waals surface area contributed by atoms with Crippen molar-refractivity contribution in [1.82, 2.24) is 5.32 Å². The number of aliphatic hydroxyl groups is 1. The Bertz CT molecular complexity index is 561. The van der Waals surface area contributed by atoms with Crippen LogP contribution in [-0.4, -0.2) is 25.7 Å². The molecule has 2 aromatic rings. The Morgan fingerprint density at radius 2 is 1.64 bits per heavy atom. The van der Waals surface area contributed by atoms with E-state index in [2.05, 4.69) is 41.4 Å². The summed E-state index contributed by atoms with van der Waals surface area (Å²) < 4.78 is 0. The summed E-state index contributed by atoms with van der Waals surface area (Å²) in [7, 11) is 4.03. The Morgan fingerprint density at radius 3 is 2.23 bits per heavy atom. The van der Waals surface area contributed by atoms with Crippen molar-refractivity contribution in [3.05, 3.63) is 65.2 Å². The number of aliphatic hydroxyl groups excluding tert-OH is 1. The lowest BCUT2D eigenvalue weighted by molar-refractivity contribution is 0.167. The van der Waals surface area contributed by atoms with Crippen LogP contribution in [0.25, 0.3) is 0 Å². The highest BCUT2D eigenvalue weighted by Gasteiger charge is 2.07. The van der Waals surface area contributed by atoms with Crippen LogP contribution in [0.5, 0.6) is 0 Å². The molecule has 0 fully saturated rings. The lowest BCUT2D eigenvalue weighted by Gasteiger charge is -2.15. The summed E-state index contributed by atoms with van der Waals surface area (Å²) in [6.45, 7) is 3.73. The summed E-state index contributed by atoms with van der Waals surface area (Å²) in [5, 5.41) is 13.6. The molecule has 0 spiro atoms. The van der Waals surface area contributed by atoms with Crippen LogP contribution in [-0.2, 0) is 6.54 Å². The minimum absolute atomic E-state index is 0.415. The third-order valence-electron chi connectivity index (χ3n) is 3.84. The van der Waals surface area contributed by atoms with E-state index >= 15 is 0 Å². The fourth-order valence-electron chi connectivity index (χ4n) is 2.34. The third kappa shape index (κ3) is 4.86. The van der Waals surface area contributed by atoms with E-state index in [9.17, 15) is 5.11 Å². The van der Waals surface area contributed by atoms with Crippen LogP contribution in [0.4, 0.5) is 5.69 Å². The van der Waals surface area contributed by atoms with Gasteiger partial charge in [-0.1, -0.05) is 42.0 Å². The van der Waals surface area contributed by atoms with Gasteiger partial charge in [0.2, 0.25) is 0 Å². The van der Waals surface area contributed by atoms with Gasteiger partial charge in [-0.05, 0) is 43.1 Å². The van der Waals surface area contributed by atoms with Gasteiger partial charge in [0.15, 0.2) is 0 Å². The van der Waals surface area contributed by atoms with Gasteiger partial charge in [0.25, 0.3) is 0 Å². The van der Waals surface area contributed by atoms with E-state index in [0.29, 0.717) is 6.42 Å². The van der Waals surface area contributed by atoms with E-state index in [1.54, 1.807) is 0 Å². The van der Waals surface area contributed by atoms with Crippen LogP contribution in [0, 0.1) is 6.92 Å². The van der Waals surface area contributed by atoms with Gasteiger partial charge in [0.1, 0.15) is 0 Å². The second kappa shape index (κ2) is 7.97. The van der Waals surface area contributed by atoms with E-state index < -0.39 is 6.10 Å². The van der Waals surface area contributed by atoms with Crippen LogP contribution < -0.4 is 10.2 Å². The number of nitrogens with one attached hydrogen (secondary N) is 1. The average Bonchev–Trinajstić information content (AvgIpc) is 2.53. The molecule has 0 aromatic heterocycles. The first kappa shape index (κ1) is 16.5. The Hall–Kier alpha value is -1.84. The molecule has 2 rings (SSSR count). The standard InChI is InChI=1S/C19H26N2O/c1-15-4-6-16(7-5-15)14-20-13-12-19(22)17-8-10-18(11-9-17)21(2)3/h4-11,19-20,22H,12-14H2,1-3H3. The molecule has 0 amide bonds. The molecule has 0 saturated heterocycles. The highest BCUT2D eigenvalue weighted by molar-refractivity contribution is 5.46. The molecule has 118 valence electrons. The first-order valence-electron chi connectivity index (χ1n) is 7.78. The highest BCUT2D eigenvalue weighted by atomic mass is 16.3. The third-order valence-corrected chi connectivity index (χ3v) is 3.84. The van der Waals surface area contributed by atoms with E-state index in [4.69, 9.17) is 0 Å². The first-order chi connectivity index (χ1) is 10.6. The van der Waals surface area contributed by atoms with Gasteiger partial charge >= 0.3 is 0 Å². The quantitative estimate of drug-likeness (QED) is 0.770. The Labute approximate surface area is 133 Å². The highest BCUT2D eigenvalue weighted by Crippen LogP contribution is 2.19. The molecule has 0 aliphatic heterocycles. The van der Waals surface area contributed by atoms with Crippen LogP contribution >= 0.6 is 0 Å². The van der Waals surface area contributed by atoms with Crippen molar-refractivity contribution < 1.29 is 5.11 Å². The molecule has 0 radical (unpaired) electrons. The lowest BCUT2D eigenvalue weighted by Crippen LogP contribution is -2.17. The molecule has 0 heterocycles. The van der Waals surface area contributed by atoms with Gasteiger partial charge in [-0.2, -0.15) is 0 Å². The van der Waals surface area contributed by atoms with E-state index in [0.717, 1.165) is 24.3 Å². The van der Waals surface area contributed by atoms with Crippen molar-refractivity contribution in [1.29, 1.82) is 0 Å². The predicted octanol–water partition coefficient (Wildman–Crippen LogP) is 3.27. The number of benzene rings is 2. The first-order valence-corrected chi connectivity index (χ1v) is 7.78. The van der Waals surface area contributed by atoms with E-state index in [1.807, 2.05) is 38.4 Å². The summed E-state index contributed by atoms with van der Waals surface area (Å²) in [5.74, 6) is 0. The maximum absolute atomic E-state index is 10.2. The van der Waals surface area contributed by atoms with Gasteiger partial charge in [-0.25, -0.2) is 0 Å². The van der Waals surface area contributed by atoms with Crippen molar-refractivity contribution in [2.24, 2.45) is 0 Å². The largest absolute Gasteiger partial charge is 0.388 e. The van der Waals surface area contributed by atoms with Crippen molar-refractivity contribution in [2.45, 2.75) is 26.0 Å². The molecule has 0 aliphatic rings. The second-order valence-corrected chi connectivity index (χ2v) is 5.95. The molecule has 0 bridgehead atoms. The number of rotatable bonds is 7. The fourth-order valence-corrected chi connectivity index (χ4v) is 2.34. The molecule has 0 saturated carbocycles. The van der Waals surface area contributed by atoms with Crippen LogP contribution in [0.1, 0.15) is 29.2 Å². The minimum atomic E-state index is -0.415. The van der Waals surface area contributed by atoms with Gasteiger partial charge in [-0.3, -0.25) is 0 Å². The normalized spacial score (nSPS) is 12.2. The molecule has 22 heavy (non-hydrogen) atoms. The number of anilines is 1. The Morgan fingerprint density at radius 1 is 1.00 bits per heavy atom. The average molecular weight is 298 g/mol. The van der Waals surface area contributed by atoms with Gasteiger partial charge in [0, 0.05) is 26.3 Å². The molecule has 1 unspecified atom stereocenters. The molecule has 1 atom stereocenters. The van der Waals surface area contributed by atoms with E-state index in [1.165, 1.54) is 11.1 Å². The zero-order chi connectivity index (χ0) is 15.9. The number of hydrogen-bond acceptors (Lipinski definition) is 3. The monoisotopic (exact) mass is 298 g/mol. The topological polar surface area (TPSA) is 35.5 Å². The van der Waals surface area contributed by atoms with Gasteiger partial charge in [0.05, 0.1) is 6.10 Å². The molecular weight excluding hydrogens is 272 g/mol. The Balaban J connectivity index is 1.75. The number of nitrogens with zero attached hydrogens (tertiary/aromatic N) is 1. The summed E-state index contributed by atoms with van der Waals surface area (Å²) in [6, 6.07) is 16.6. The zero-order valence-corrected chi connectivity index (χ0v) is 13.7. The van der Waals surface area contributed by atoms with E-state index in [-0.39, 0.29) is 0 Å². The molecule has 2 aromatic carbocycles. The summed E-state index contributed by atoms with van der Waals surface area (Å²) in [6.07, 6.45) is 0.300. The zero-order valence-electron chi connectivity index (χ0n) is 13.7. The summed E-state index contributed by atoms with van der Waals surface area (Å²) >= 11 is 0. The maximum atomic E-state index is 10.2. The van der Waals surface area contributed by atoms with Crippen LogP contribution in [0.3, 0.4) is 0 Å². The number of hydrogen-bond donors (Lipinski definition) is 2. The fraction of sp³-hybridized carbons (Fsp3) is 0.368. The van der Waals surface area contributed by atoms with Gasteiger partial charge < -0.3 is 15.3 Å². The van der Waals surface area contributed by atoms with Crippen molar-refractivity contribution in [2.75, 3.05) is 25.5 Å². The molecule has 0 aliphatic carbocycles.